The monoisotopic (exact) mass is 280 g/mol. The minimum atomic E-state index is -0.308. The molecule has 1 saturated heterocycles. The van der Waals surface area contributed by atoms with Crippen LogP contribution in [0.25, 0.3) is 0 Å². The highest BCUT2D eigenvalue weighted by Gasteiger charge is 2.25. The van der Waals surface area contributed by atoms with Crippen LogP contribution in [-0.4, -0.2) is 36.6 Å². The van der Waals surface area contributed by atoms with Crippen LogP contribution in [0, 0.1) is 5.92 Å². The van der Waals surface area contributed by atoms with Gasteiger partial charge >= 0.3 is 5.97 Å². The molecule has 2 N–H and O–H groups in total. The van der Waals surface area contributed by atoms with Gasteiger partial charge in [-0.25, -0.2) is 4.79 Å². The smallest absolute Gasteiger partial charge is 0.341 e. The summed E-state index contributed by atoms with van der Waals surface area (Å²) < 4.78 is 10.5. The quantitative estimate of drug-likeness (QED) is 0.836. The van der Waals surface area contributed by atoms with Crippen molar-refractivity contribution >= 4 is 5.97 Å². The van der Waals surface area contributed by atoms with E-state index < -0.39 is 0 Å². The lowest BCUT2D eigenvalue weighted by Crippen LogP contribution is -2.42. The van der Waals surface area contributed by atoms with Crippen LogP contribution < -0.4 is 5.73 Å². The van der Waals surface area contributed by atoms with Gasteiger partial charge in [-0.1, -0.05) is 0 Å². The maximum atomic E-state index is 11.8. The zero-order chi connectivity index (χ0) is 14.5. The number of furan rings is 1. The molecule has 2 rings (SSSR count). The van der Waals surface area contributed by atoms with E-state index in [2.05, 4.69) is 11.8 Å². The molecule has 2 heterocycles. The number of rotatable bonds is 5. The largest absolute Gasteiger partial charge is 0.467 e. The Balaban J connectivity index is 1.99. The molecule has 0 saturated carbocycles. The molecule has 0 spiro atoms. The van der Waals surface area contributed by atoms with Crippen molar-refractivity contribution in [1.82, 2.24) is 4.90 Å². The number of esters is 1. The first-order valence-corrected chi connectivity index (χ1v) is 7.33. The van der Waals surface area contributed by atoms with Crippen LogP contribution in [0.3, 0.4) is 0 Å². The molecule has 2 atom stereocenters. The molecule has 1 aliphatic heterocycles. The van der Waals surface area contributed by atoms with Gasteiger partial charge in [0, 0.05) is 12.6 Å². The summed E-state index contributed by atoms with van der Waals surface area (Å²) in [7, 11) is 0. The average molecular weight is 280 g/mol. The predicted octanol–water partition coefficient (Wildman–Crippen LogP) is 2.02. The van der Waals surface area contributed by atoms with Gasteiger partial charge in [-0.15, -0.1) is 0 Å². The Kier molecular flexibility index (Phi) is 5.20. The van der Waals surface area contributed by atoms with E-state index >= 15 is 0 Å². The van der Waals surface area contributed by atoms with Crippen LogP contribution in [0.5, 0.6) is 0 Å². The minimum absolute atomic E-state index is 0.207. The van der Waals surface area contributed by atoms with Crippen molar-refractivity contribution in [1.29, 1.82) is 0 Å². The lowest BCUT2D eigenvalue weighted by molar-refractivity contribution is 0.0520. The normalized spacial score (nSPS) is 21.6. The molecule has 0 aromatic carbocycles. The lowest BCUT2D eigenvalue weighted by Gasteiger charge is -2.34. The van der Waals surface area contributed by atoms with Gasteiger partial charge in [-0.05, 0) is 45.2 Å². The Hall–Kier alpha value is -1.33. The van der Waals surface area contributed by atoms with E-state index in [-0.39, 0.29) is 12.0 Å². The van der Waals surface area contributed by atoms with Crippen LogP contribution in [0.4, 0.5) is 0 Å². The first-order chi connectivity index (χ1) is 9.61. The summed E-state index contributed by atoms with van der Waals surface area (Å²) >= 11 is 0. The van der Waals surface area contributed by atoms with Crippen LogP contribution in [0.1, 0.15) is 42.8 Å². The molecule has 2 unspecified atom stereocenters. The molecule has 0 radical (unpaired) electrons. The zero-order valence-corrected chi connectivity index (χ0v) is 12.3. The Labute approximate surface area is 120 Å². The number of likely N-dealkylation sites (tertiary alicyclic amines) is 1. The third-order valence-electron chi connectivity index (χ3n) is 3.89. The van der Waals surface area contributed by atoms with E-state index in [9.17, 15) is 4.79 Å². The minimum Gasteiger partial charge on any atom is -0.467 e. The highest BCUT2D eigenvalue weighted by molar-refractivity contribution is 5.90. The summed E-state index contributed by atoms with van der Waals surface area (Å²) in [5.74, 6) is 0.899. The van der Waals surface area contributed by atoms with Crippen molar-refractivity contribution < 1.29 is 13.9 Å². The van der Waals surface area contributed by atoms with Crippen molar-refractivity contribution in [3.05, 3.63) is 23.7 Å². The number of piperidine rings is 1. The van der Waals surface area contributed by atoms with Crippen LogP contribution in [0.15, 0.2) is 16.7 Å². The highest BCUT2D eigenvalue weighted by atomic mass is 16.5. The Morgan fingerprint density at radius 2 is 2.45 bits per heavy atom. The summed E-state index contributed by atoms with van der Waals surface area (Å²) in [5, 5.41) is 0. The predicted molar refractivity (Wildman–Crippen MR) is 76.3 cm³/mol. The Morgan fingerprint density at radius 3 is 3.15 bits per heavy atom. The third-order valence-corrected chi connectivity index (χ3v) is 3.89. The SMILES string of the molecule is CCOC(=O)c1ccoc1CN1CCCC(C(C)N)C1. The van der Waals surface area contributed by atoms with Crippen LogP contribution >= 0.6 is 0 Å². The molecule has 1 aromatic heterocycles. The first kappa shape index (κ1) is 15.1. The number of ether oxygens (including phenoxy) is 1. The molecular formula is C15H24N2O3. The maximum absolute atomic E-state index is 11.8. The van der Waals surface area contributed by atoms with Gasteiger partial charge in [0.05, 0.1) is 19.4 Å². The first-order valence-electron chi connectivity index (χ1n) is 7.33. The number of carbonyl (C=O) groups excluding carboxylic acids is 1. The molecule has 1 fully saturated rings. The lowest BCUT2D eigenvalue weighted by atomic mass is 9.92. The van der Waals surface area contributed by atoms with Gasteiger partial charge in [0.2, 0.25) is 0 Å². The van der Waals surface area contributed by atoms with E-state index in [1.807, 2.05) is 0 Å². The Bertz CT molecular complexity index is 442. The number of nitrogens with two attached hydrogens (primary N) is 1. The second-order valence-corrected chi connectivity index (χ2v) is 5.47. The molecule has 20 heavy (non-hydrogen) atoms. The summed E-state index contributed by atoms with van der Waals surface area (Å²) in [5.41, 5.74) is 6.53. The van der Waals surface area contributed by atoms with E-state index in [4.69, 9.17) is 14.9 Å². The molecule has 1 aliphatic rings. The van der Waals surface area contributed by atoms with Gasteiger partial charge in [-0.2, -0.15) is 0 Å². The molecule has 5 heteroatoms. The van der Waals surface area contributed by atoms with Gasteiger partial charge in [-0.3, -0.25) is 4.90 Å². The van der Waals surface area contributed by atoms with E-state index in [0.29, 0.717) is 30.4 Å². The summed E-state index contributed by atoms with van der Waals surface area (Å²) in [6.07, 6.45) is 3.87. The second-order valence-electron chi connectivity index (χ2n) is 5.47. The fraction of sp³-hybridized carbons (Fsp3) is 0.667. The highest BCUT2D eigenvalue weighted by Crippen LogP contribution is 2.22. The second kappa shape index (κ2) is 6.90. The molecular weight excluding hydrogens is 256 g/mol. The van der Waals surface area contributed by atoms with E-state index in [0.717, 1.165) is 19.5 Å². The molecule has 0 bridgehead atoms. The molecule has 0 amide bonds. The molecule has 1 aromatic rings. The van der Waals surface area contributed by atoms with E-state index in [1.165, 1.54) is 6.42 Å². The summed E-state index contributed by atoms with van der Waals surface area (Å²) in [4.78, 5) is 14.1. The fourth-order valence-electron chi connectivity index (χ4n) is 2.72. The van der Waals surface area contributed by atoms with Crippen molar-refractivity contribution in [2.24, 2.45) is 11.7 Å². The van der Waals surface area contributed by atoms with Crippen LogP contribution in [-0.2, 0) is 11.3 Å². The zero-order valence-electron chi connectivity index (χ0n) is 12.3. The molecule has 0 aliphatic carbocycles. The third kappa shape index (κ3) is 3.61. The average Bonchev–Trinajstić information content (AvgIpc) is 2.87. The van der Waals surface area contributed by atoms with Crippen molar-refractivity contribution in [2.45, 2.75) is 39.3 Å². The fourth-order valence-corrected chi connectivity index (χ4v) is 2.72. The summed E-state index contributed by atoms with van der Waals surface area (Å²) in [6.45, 7) is 6.86. The number of carbonyl (C=O) groups is 1. The summed E-state index contributed by atoms with van der Waals surface area (Å²) in [6, 6.07) is 1.89. The topological polar surface area (TPSA) is 68.7 Å². The number of hydrogen-bond acceptors (Lipinski definition) is 5. The maximum Gasteiger partial charge on any atom is 0.341 e. The van der Waals surface area contributed by atoms with Crippen LogP contribution in [0.2, 0.25) is 0 Å². The van der Waals surface area contributed by atoms with Gasteiger partial charge in [0.25, 0.3) is 0 Å². The number of nitrogens with zero attached hydrogens (tertiary/aromatic N) is 1. The molecule has 5 nitrogen and oxygen atoms in total. The number of hydrogen-bond donors (Lipinski definition) is 1. The Morgan fingerprint density at radius 1 is 1.65 bits per heavy atom. The van der Waals surface area contributed by atoms with Crippen molar-refractivity contribution in [2.75, 3.05) is 19.7 Å². The van der Waals surface area contributed by atoms with Crippen molar-refractivity contribution in [3.63, 3.8) is 0 Å². The van der Waals surface area contributed by atoms with Crippen molar-refractivity contribution in [3.8, 4) is 0 Å². The van der Waals surface area contributed by atoms with Gasteiger partial charge < -0.3 is 14.9 Å². The molecule has 112 valence electrons. The van der Waals surface area contributed by atoms with Gasteiger partial charge in [0.1, 0.15) is 11.3 Å². The standard InChI is InChI=1S/C15H24N2O3/c1-3-19-15(18)13-6-8-20-14(13)10-17-7-4-5-12(9-17)11(2)16/h6,8,11-12H,3-5,7,9-10,16H2,1-2H3. The van der Waals surface area contributed by atoms with E-state index in [1.54, 1.807) is 19.3 Å². The van der Waals surface area contributed by atoms with Gasteiger partial charge in [0.15, 0.2) is 0 Å².